The van der Waals surface area contributed by atoms with E-state index in [2.05, 4.69) is 88.2 Å². The maximum Gasteiger partial charge on any atom is 0.338 e. The number of aliphatic hydroxyl groups excluding tert-OH is 5. The largest absolute Gasteiger partial charge is 0.458 e. The number of hydrogen-bond acceptors (Lipinski definition) is 18. The maximum atomic E-state index is 12.8. The summed E-state index contributed by atoms with van der Waals surface area (Å²) in [6, 6.07) is 34.6. The third-order valence-corrected chi connectivity index (χ3v) is 30.6. The van der Waals surface area contributed by atoms with Gasteiger partial charge in [-0.3, -0.25) is 0 Å². The summed E-state index contributed by atoms with van der Waals surface area (Å²) in [6.45, 7) is 37.1. The third kappa shape index (κ3) is 26.5. The van der Waals surface area contributed by atoms with Gasteiger partial charge in [0.2, 0.25) is 0 Å². The lowest BCUT2D eigenvalue weighted by molar-refractivity contribution is -0.0456. The lowest BCUT2D eigenvalue weighted by Crippen LogP contribution is -2.49. The normalized spacial score (nSPS) is 24.2. The van der Waals surface area contributed by atoms with Crippen LogP contribution in [0.5, 0.6) is 0 Å². The molecule has 4 aromatic carbocycles. The molecule has 5 unspecified atom stereocenters. The Hall–Kier alpha value is -5.47. The van der Waals surface area contributed by atoms with E-state index in [0.29, 0.717) is 61.0 Å². The van der Waals surface area contributed by atoms with Crippen LogP contribution in [-0.4, -0.2) is 173 Å². The minimum atomic E-state index is -2.01. The summed E-state index contributed by atoms with van der Waals surface area (Å²) < 4.78 is 55.1. The number of rotatable bonds is 35. The molecule has 3 heterocycles. The Morgan fingerprint density at radius 2 is 0.735 bits per heavy atom. The fourth-order valence-corrected chi connectivity index (χ4v) is 15.8. The quantitative estimate of drug-likeness (QED) is 0.0124. The first-order valence-corrected chi connectivity index (χ1v) is 42.8. The van der Waals surface area contributed by atoms with Gasteiger partial charge in [-0.05, 0) is 135 Å². The summed E-state index contributed by atoms with van der Waals surface area (Å²) in [5.41, 5.74) is 1.64. The highest BCUT2D eigenvalue weighted by atomic mass is 28.4. The average molecular weight is 1460 g/mol. The molecule has 7 rings (SSSR count). The lowest BCUT2D eigenvalue weighted by atomic mass is 9.82. The summed E-state index contributed by atoms with van der Waals surface area (Å²) >= 11 is 0. The monoisotopic (exact) mass is 1460 g/mol. The Labute approximate surface area is 613 Å². The van der Waals surface area contributed by atoms with Gasteiger partial charge in [0.15, 0.2) is 16.6 Å². The van der Waals surface area contributed by atoms with E-state index in [1.807, 2.05) is 51.1 Å². The number of carbonyl (C=O) groups excluding carboxylic acids is 4. The Kier molecular flexibility index (Phi) is 37.7. The van der Waals surface area contributed by atoms with Gasteiger partial charge in [-0.1, -0.05) is 182 Å². The molecule has 102 heavy (non-hydrogen) atoms. The van der Waals surface area contributed by atoms with Crippen LogP contribution in [0.1, 0.15) is 196 Å². The van der Waals surface area contributed by atoms with Gasteiger partial charge in [0.25, 0.3) is 0 Å². The van der Waals surface area contributed by atoms with E-state index in [4.69, 9.17) is 42.0 Å². The van der Waals surface area contributed by atoms with Crippen molar-refractivity contribution >= 4 is 40.5 Å². The van der Waals surface area contributed by atoms with Crippen molar-refractivity contribution in [2.75, 3.05) is 39.6 Å². The number of aliphatic hydroxyl groups is 5. The van der Waals surface area contributed by atoms with Crippen molar-refractivity contribution < 1.29 is 86.7 Å². The molecule has 0 bridgehead atoms. The minimum Gasteiger partial charge on any atom is -0.458 e. The SMILES string of the molecule is C.C=CC[C@@H]1O[C@H](C[C@@H](COC(=O)c2ccccc2)OC(=O)c2ccccc2)C(CO)[C@H]1CC.CCC(O)C[C@@H]1O[C@H](C[C@@H](COC(=O)c2ccccc2)OC(=O)c2ccccc2)C(CO)[C@H]1CC.CCC(O)C[C@@H]1O[C@H](C[C@@H](CO[Si](C)(C)C(C)(C)C)O[Si](C)(C)C(C)(C)C)C(CO)[C@H]1CC. The van der Waals surface area contributed by atoms with Crippen molar-refractivity contribution in [1.29, 1.82) is 0 Å². The van der Waals surface area contributed by atoms with E-state index in [-0.39, 0.29) is 135 Å². The zero-order chi connectivity index (χ0) is 74.7. The molecule has 18 nitrogen and oxygen atoms in total. The molecule has 5 N–H and O–H groups in total. The van der Waals surface area contributed by atoms with Gasteiger partial charge >= 0.3 is 23.9 Å². The average Bonchev–Trinajstić information content (AvgIpc) is 1.68. The summed E-state index contributed by atoms with van der Waals surface area (Å²) in [5, 5.41) is 51.2. The Morgan fingerprint density at radius 1 is 0.441 bits per heavy atom. The fourth-order valence-electron chi connectivity index (χ4n) is 13.4. The van der Waals surface area contributed by atoms with Crippen LogP contribution in [0.3, 0.4) is 0 Å². The molecule has 0 aromatic heterocycles. The van der Waals surface area contributed by atoms with E-state index in [1.165, 1.54) is 0 Å². The van der Waals surface area contributed by atoms with Crippen LogP contribution in [-0.2, 0) is 42.0 Å². The smallest absolute Gasteiger partial charge is 0.338 e. The molecule has 20 heteroatoms. The van der Waals surface area contributed by atoms with Crippen LogP contribution in [0, 0.1) is 35.5 Å². The zero-order valence-electron chi connectivity index (χ0n) is 63.2. The van der Waals surface area contributed by atoms with Crippen molar-refractivity contribution in [2.24, 2.45) is 35.5 Å². The van der Waals surface area contributed by atoms with E-state index in [1.54, 1.807) is 97.1 Å². The van der Waals surface area contributed by atoms with E-state index < -0.39 is 64.9 Å². The van der Waals surface area contributed by atoms with Crippen LogP contribution in [0.15, 0.2) is 134 Å². The van der Waals surface area contributed by atoms with E-state index in [9.17, 15) is 44.7 Å². The Bertz CT molecular complexity index is 3030. The zero-order valence-corrected chi connectivity index (χ0v) is 65.2. The molecule has 4 aromatic rings. The first kappa shape index (κ1) is 88.9. The molecule has 0 saturated carbocycles. The minimum absolute atomic E-state index is 0. The molecule has 3 aliphatic heterocycles. The third-order valence-electron chi connectivity index (χ3n) is 21.5. The summed E-state index contributed by atoms with van der Waals surface area (Å²) in [4.78, 5) is 50.5. The van der Waals surface area contributed by atoms with E-state index in [0.717, 1.165) is 32.1 Å². The van der Waals surface area contributed by atoms with Crippen molar-refractivity contribution in [3.8, 4) is 0 Å². The number of esters is 4. The lowest BCUT2D eigenvalue weighted by Gasteiger charge is -2.42. The molecule has 0 aliphatic carbocycles. The summed E-state index contributed by atoms with van der Waals surface area (Å²) in [7, 11) is -3.93. The molecule has 17 atom stereocenters. The number of hydrogen-bond donors (Lipinski definition) is 5. The summed E-state index contributed by atoms with van der Waals surface area (Å²) in [5.74, 6) is -1.69. The van der Waals surface area contributed by atoms with Crippen molar-refractivity contribution in [1.82, 2.24) is 0 Å². The highest BCUT2D eigenvalue weighted by molar-refractivity contribution is 6.74. The highest BCUT2D eigenvalue weighted by Gasteiger charge is 2.49. The predicted octanol–water partition coefficient (Wildman–Crippen LogP) is 15.4. The second kappa shape index (κ2) is 43.2. The standard InChI is InChI=1S/C28H36O7.C27H32O6.C26H56O5Si2.CH4/c1-3-21(30)15-25-23(4-2)24(17-29)26(35-25)16-22(34-28(32)20-13-9-6-10-14-20)18-33-27(31)19-11-7-5-8-12-19;1-3-11-24-22(4-2)23(17-28)25(33-24)16-21(32-27(30)20-14-9-6-10-15-20)18-31-26(29)19-12-7-5-8-13-19;1-13-19(28)15-23-21(14-2)22(17-27)24(30-23)16-20(31-33(11,12)26(6,7)8)18-29-32(9,10)25(3,4)5;/h5-14,21-26,29-30H,3-4,15-18H2,1-2H3;3,5-10,12-15,21-25,28H,1,4,11,16-18H2,2H3;19-24,27-28H,13-18H2,1-12H3;1H4/t21?,22-,23+,24?,25-,26+;21-,22+,23?,24-,25+;19?,20-,21+,22?,23-,24+;/m000./s1. The number of benzene rings is 4. The van der Waals surface area contributed by atoms with Gasteiger partial charge in [-0.25, -0.2) is 19.2 Å². The topological polar surface area (TPSA) is 252 Å². The summed E-state index contributed by atoms with van der Waals surface area (Å²) in [6.07, 6.45) is 5.42. The predicted molar refractivity (Wildman–Crippen MR) is 406 cm³/mol. The first-order chi connectivity index (χ1) is 47.9. The molecular formula is C82H128O18Si2. The second-order valence-electron chi connectivity index (χ2n) is 30.5. The molecule has 0 amide bonds. The fraction of sp³-hybridized carbons (Fsp3) is 0.634. The molecule has 0 spiro atoms. The van der Waals surface area contributed by atoms with Gasteiger partial charge in [-0.15, -0.1) is 6.58 Å². The van der Waals surface area contributed by atoms with Gasteiger partial charge in [0.05, 0.1) is 83.8 Å². The molecule has 3 fully saturated rings. The number of carbonyl (C=O) groups is 4. The van der Waals surface area contributed by atoms with Crippen LogP contribution in [0.4, 0.5) is 0 Å². The molecule has 3 saturated heterocycles. The van der Waals surface area contributed by atoms with Crippen LogP contribution >= 0.6 is 0 Å². The van der Waals surface area contributed by atoms with E-state index >= 15 is 0 Å². The molecular weight excluding hydrogens is 1330 g/mol. The van der Waals surface area contributed by atoms with Crippen molar-refractivity contribution in [2.45, 2.75) is 258 Å². The van der Waals surface area contributed by atoms with Crippen LogP contribution in [0.25, 0.3) is 0 Å². The van der Waals surface area contributed by atoms with Gasteiger partial charge < -0.3 is 67.5 Å². The number of ether oxygens (including phenoxy) is 7. The highest BCUT2D eigenvalue weighted by Crippen LogP contribution is 2.45. The van der Waals surface area contributed by atoms with Crippen molar-refractivity contribution in [3.05, 3.63) is 156 Å². The Morgan fingerprint density at radius 3 is 1.03 bits per heavy atom. The maximum absolute atomic E-state index is 12.8. The van der Waals surface area contributed by atoms with Crippen molar-refractivity contribution in [3.63, 3.8) is 0 Å². The van der Waals surface area contributed by atoms with Crippen LogP contribution < -0.4 is 0 Å². The molecule has 0 radical (unpaired) electrons. The van der Waals surface area contributed by atoms with Crippen LogP contribution in [0.2, 0.25) is 36.3 Å². The second-order valence-corrected chi connectivity index (χ2v) is 40.1. The first-order valence-electron chi connectivity index (χ1n) is 37.0. The van der Waals surface area contributed by atoms with Gasteiger partial charge in [0, 0.05) is 56.8 Å². The van der Waals surface area contributed by atoms with Gasteiger partial charge in [0.1, 0.15) is 25.4 Å². The molecule has 3 aliphatic rings. The molecule has 572 valence electrons. The Balaban J connectivity index is 0.000000323. The van der Waals surface area contributed by atoms with Gasteiger partial charge in [-0.2, -0.15) is 0 Å².